The predicted molar refractivity (Wildman–Crippen MR) is 133 cm³/mol. The van der Waals surface area contributed by atoms with Crippen molar-refractivity contribution in [1.82, 2.24) is 19.9 Å². The number of thiazole rings is 1. The Kier molecular flexibility index (Phi) is 6.76. The Morgan fingerprint density at radius 3 is 2.71 bits per heavy atom. The molecule has 4 heterocycles. The molecule has 4 aromatic rings. The minimum Gasteiger partial charge on any atom is -0.481 e. The third kappa shape index (κ3) is 5.22. The summed E-state index contributed by atoms with van der Waals surface area (Å²) >= 11 is 1.54. The summed E-state index contributed by atoms with van der Waals surface area (Å²) in [6.45, 7) is 1.01. The molecular weight excluding hydrogens is 446 g/mol. The van der Waals surface area contributed by atoms with Crippen molar-refractivity contribution in [2.24, 2.45) is 0 Å². The summed E-state index contributed by atoms with van der Waals surface area (Å²) in [6, 6.07) is 10.1. The molecule has 5 rings (SSSR count). The van der Waals surface area contributed by atoms with Crippen LogP contribution in [0, 0.1) is 0 Å². The van der Waals surface area contributed by atoms with Crippen molar-refractivity contribution in [1.29, 1.82) is 0 Å². The number of benzene rings is 1. The zero-order valence-corrected chi connectivity index (χ0v) is 19.7. The van der Waals surface area contributed by atoms with E-state index in [1.807, 2.05) is 18.2 Å². The number of hydrogen-bond acceptors (Lipinski definition) is 7. The lowest BCUT2D eigenvalue weighted by atomic mass is 9.95. The fourth-order valence-corrected chi connectivity index (χ4v) is 5.42. The number of nitrogens with zero attached hydrogens (tertiary/aromatic N) is 4. The van der Waals surface area contributed by atoms with Crippen LogP contribution in [0.25, 0.3) is 11.0 Å². The number of fused-ring (bicyclic) bond motifs is 2. The number of carboxylic acids is 1. The molecule has 8 heteroatoms. The molecule has 0 unspecified atom stereocenters. The summed E-state index contributed by atoms with van der Waals surface area (Å²) in [5.41, 5.74) is 5.94. The lowest BCUT2D eigenvalue weighted by Crippen LogP contribution is -2.14. The average molecular weight is 474 g/mol. The number of rotatable bonds is 9. The number of nitrogens with one attached hydrogen (secondary N) is 1. The number of hydrogen-bond donors (Lipinski definition) is 2. The molecule has 0 fully saturated rings. The fourth-order valence-electron chi connectivity index (χ4n) is 4.44. The molecule has 0 saturated carbocycles. The highest BCUT2D eigenvalue weighted by molar-refractivity contribution is 7.09. The van der Waals surface area contributed by atoms with Crippen LogP contribution in [-0.2, 0) is 24.1 Å². The van der Waals surface area contributed by atoms with Crippen LogP contribution < -0.4 is 5.32 Å². The molecule has 1 atom stereocenters. The highest BCUT2D eigenvalue weighted by Gasteiger charge is 2.22. The van der Waals surface area contributed by atoms with Crippen LogP contribution in [0.15, 0.2) is 48.1 Å². The second-order valence-electron chi connectivity index (χ2n) is 8.68. The van der Waals surface area contributed by atoms with Crippen molar-refractivity contribution in [3.63, 3.8) is 0 Å². The van der Waals surface area contributed by atoms with E-state index in [1.165, 1.54) is 23.3 Å². The van der Waals surface area contributed by atoms with Gasteiger partial charge in [0, 0.05) is 35.9 Å². The van der Waals surface area contributed by atoms with Crippen LogP contribution in [0.2, 0.25) is 0 Å². The maximum atomic E-state index is 11.6. The number of aliphatic carboxylic acids is 1. The molecule has 34 heavy (non-hydrogen) atoms. The Bertz CT molecular complexity index is 1310. The average Bonchev–Trinajstić information content (AvgIpc) is 3.33. The monoisotopic (exact) mass is 473 g/mol. The van der Waals surface area contributed by atoms with Crippen molar-refractivity contribution in [3.8, 4) is 0 Å². The summed E-state index contributed by atoms with van der Waals surface area (Å²) in [6.07, 6.45) is 9.47. The number of anilines is 1. The van der Waals surface area contributed by atoms with E-state index >= 15 is 0 Å². The number of pyridine rings is 1. The molecule has 0 saturated heterocycles. The van der Waals surface area contributed by atoms with Gasteiger partial charge in [0.05, 0.1) is 23.1 Å². The third-order valence-corrected chi connectivity index (χ3v) is 7.22. The Morgan fingerprint density at radius 1 is 1.03 bits per heavy atom. The van der Waals surface area contributed by atoms with E-state index in [9.17, 15) is 9.90 Å². The van der Waals surface area contributed by atoms with Crippen LogP contribution in [0.1, 0.15) is 59.1 Å². The van der Waals surface area contributed by atoms with Crippen molar-refractivity contribution in [2.75, 3.05) is 11.9 Å². The minimum absolute atomic E-state index is 0.00322. The van der Waals surface area contributed by atoms with Gasteiger partial charge in [0.25, 0.3) is 0 Å². The maximum absolute atomic E-state index is 11.6. The largest absolute Gasteiger partial charge is 0.481 e. The summed E-state index contributed by atoms with van der Waals surface area (Å²) in [5.74, 6) is -0.0834. The molecule has 0 spiro atoms. The summed E-state index contributed by atoms with van der Waals surface area (Å²) in [4.78, 5) is 29.9. The van der Waals surface area contributed by atoms with Gasteiger partial charge in [-0.05, 0) is 67.9 Å². The molecule has 0 radical (unpaired) electrons. The van der Waals surface area contributed by atoms with Gasteiger partial charge in [-0.1, -0.05) is 12.1 Å². The lowest BCUT2D eigenvalue weighted by molar-refractivity contribution is -0.137. The highest BCUT2D eigenvalue weighted by atomic mass is 32.1. The Hall–Kier alpha value is -3.39. The first-order valence-corrected chi connectivity index (χ1v) is 12.6. The van der Waals surface area contributed by atoms with E-state index < -0.39 is 5.97 Å². The van der Waals surface area contributed by atoms with Gasteiger partial charge in [-0.2, -0.15) is 0 Å². The molecule has 7 nitrogen and oxygen atoms in total. The van der Waals surface area contributed by atoms with Gasteiger partial charge in [0.15, 0.2) is 0 Å². The van der Waals surface area contributed by atoms with Crippen molar-refractivity contribution >= 4 is 34.2 Å². The molecule has 2 N–H and O–H groups in total. The fraction of sp³-hybridized carbons (Fsp3) is 0.346. The van der Waals surface area contributed by atoms with E-state index in [0.717, 1.165) is 77.5 Å². The first-order valence-electron chi connectivity index (χ1n) is 11.7. The molecule has 0 aliphatic carbocycles. The van der Waals surface area contributed by atoms with Crippen molar-refractivity contribution in [3.05, 3.63) is 75.6 Å². The van der Waals surface area contributed by atoms with E-state index in [4.69, 9.17) is 9.97 Å². The number of aromatic nitrogens is 4. The van der Waals surface area contributed by atoms with Gasteiger partial charge in [0.1, 0.15) is 10.8 Å². The number of carbonyl (C=O) groups is 1. The minimum atomic E-state index is -0.840. The molecule has 0 bridgehead atoms. The van der Waals surface area contributed by atoms with E-state index in [-0.39, 0.29) is 12.3 Å². The van der Waals surface area contributed by atoms with Crippen LogP contribution in [0.5, 0.6) is 0 Å². The van der Waals surface area contributed by atoms with Gasteiger partial charge < -0.3 is 10.4 Å². The molecule has 0 amide bonds. The van der Waals surface area contributed by atoms with Gasteiger partial charge in [-0.15, -0.1) is 11.3 Å². The van der Waals surface area contributed by atoms with Crippen LogP contribution in [0.3, 0.4) is 0 Å². The first kappa shape index (κ1) is 22.4. The molecule has 3 aromatic heterocycles. The first-order chi connectivity index (χ1) is 16.7. The molecular formula is C26H27N5O2S. The van der Waals surface area contributed by atoms with Crippen molar-refractivity contribution < 1.29 is 9.90 Å². The molecule has 1 aliphatic rings. The standard InChI is InChI=1S/C26H27N5O2S/c32-24(33)15-21(18-8-10-22-23(14-18)28-13-12-27-22)26-31-20(16-34-26)6-2-1-5-19-9-7-17-4-3-11-29-25(17)30-19/h7-10,12-14,16,21H,1-6,11,15H2,(H,29,30)(H,32,33)/t21-/m0/s1. The number of aryl methyl sites for hydroxylation is 3. The second kappa shape index (κ2) is 10.3. The van der Waals surface area contributed by atoms with Crippen molar-refractivity contribution in [2.45, 2.75) is 50.9 Å². The molecule has 1 aliphatic heterocycles. The van der Waals surface area contributed by atoms with Gasteiger partial charge >= 0.3 is 5.97 Å². The molecule has 1 aromatic carbocycles. The Labute approximate surface area is 202 Å². The zero-order chi connectivity index (χ0) is 23.3. The van der Waals surface area contributed by atoms with Gasteiger partial charge in [-0.3, -0.25) is 14.8 Å². The van der Waals surface area contributed by atoms with E-state index in [2.05, 4.69) is 32.8 Å². The third-order valence-electron chi connectivity index (χ3n) is 6.21. The maximum Gasteiger partial charge on any atom is 0.304 e. The molecule has 174 valence electrons. The van der Waals surface area contributed by atoms with E-state index in [1.54, 1.807) is 12.4 Å². The van der Waals surface area contributed by atoms with Crippen LogP contribution in [-0.4, -0.2) is 37.6 Å². The second-order valence-corrected chi connectivity index (χ2v) is 9.57. The lowest BCUT2D eigenvalue weighted by Gasteiger charge is -2.17. The SMILES string of the molecule is O=C(O)C[C@@H](c1ccc2nccnc2c1)c1nc(CCCCc2ccc3c(n2)NCCC3)cs1. The zero-order valence-electron chi connectivity index (χ0n) is 18.9. The number of carboxylic acid groups (broad SMARTS) is 1. The van der Waals surface area contributed by atoms with E-state index in [0.29, 0.717) is 0 Å². The summed E-state index contributed by atoms with van der Waals surface area (Å²) in [7, 11) is 0. The summed E-state index contributed by atoms with van der Waals surface area (Å²) < 4.78 is 0. The van der Waals surface area contributed by atoms with Crippen LogP contribution in [0.4, 0.5) is 5.82 Å². The Balaban J connectivity index is 1.22. The quantitative estimate of drug-likeness (QED) is 0.330. The number of unbranched alkanes of at least 4 members (excludes halogenated alkanes) is 1. The predicted octanol–water partition coefficient (Wildman–Crippen LogP) is 5.01. The summed E-state index contributed by atoms with van der Waals surface area (Å²) in [5, 5.41) is 15.8. The topological polar surface area (TPSA) is 101 Å². The van der Waals surface area contributed by atoms with Gasteiger partial charge in [0.2, 0.25) is 0 Å². The Morgan fingerprint density at radius 2 is 1.85 bits per heavy atom. The normalized spacial score (nSPS) is 13.9. The smallest absolute Gasteiger partial charge is 0.304 e. The van der Waals surface area contributed by atoms with Gasteiger partial charge in [-0.25, -0.2) is 9.97 Å². The van der Waals surface area contributed by atoms with Crippen LogP contribution >= 0.6 is 11.3 Å². The highest BCUT2D eigenvalue weighted by Crippen LogP contribution is 2.32.